The van der Waals surface area contributed by atoms with E-state index in [1.54, 1.807) is 13.0 Å². The van der Waals surface area contributed by atoms with Gasteiger partial charge in [0.1, 0.15) is 5.82 Å². The number of halogens is 1. The smallest absolute Gasteiger partial charge is 0.270 e. The van der Waals surface area contributed by atoms with Gasteiger partial charge < -0.3 is 4.74 Å². The number of hydrogen-bond acceptors (Lipinski definition) is 4. The Labute approximate surface area is 108 Å². The number of rotatable bonds is 3. The van der Waals surface area contributed by atoms with Crippen molar-refractivity contribution in [3.63, 3.8) is 0 Å². The van der Waals surface area contributed by atoms with Crippen molar-refractivity contribution < 1.29 is 14.1 Å². The predicted octanol–water partition coefficient (Wildman–Crippen LogP) is 3.11. The van der Waals surface area contributed by atoms with Gasteiger partial charge in [0.15, 0.2) is 0 Å². The fourth-order valence-electron chi connectivity index (χ4n) is 1.75. The number of nitrogens with zero attached hydrogens (tertiary/aromatic N) is 2. The van der Waals surface area contributed by atoms with Gasteiger partial charge in [-0.1, -0.05) is 0 Å². The molecule has 0 fully saturated rings. The van der Waals surface area contributed by atoms with Crippen molar-refractivity contribution >= 4 is 5.69 Å². The molecule has 5 nitrogen and oxygen atoms in total. The monoisotopic (exact) mass is 262 g/mol. The van der Waals surface area contributed by atoms with Crippen LogP contribution >= 0.6 is 0 Å². The van der Waals surface area contributed by atoms with Crippen molar-refractivity contribution in [1.29, 1.82) is 0 Å². The number of aryl methyl sites for hydroxylation is 1. The molecule has 0 radical (unpaired) electrons. The summed E-state index contributed by atoms with van der Waals surface area (Å²) in [5, 5.41) is 10.7. The Bertz CT molecular complexity index is 644. The molecule has 0 aliphatic carbocycles. The largest absolute Gasteiger partial charge is 0.481 e. The van der Waals surface area contributed by atoms with Gasteiger partial charge in [-0.2, -0.15) is 0 Å². The molecular weight excluding hydrogens is 251 g/mol. The van der Waals surface area contributed by atoms with Crippen LogP contribution in [0.5, 0.6) is 5.88 Å². The summed E-state index contributed by atoms with van der Waals surface area (Å²) >= 11 is 0. The Morgan fingerprint density at radius 1 is 1.32 bits per heavy atom. The van der Waals surface area contributed by atoms with Crippen LogP contribution in [0.1, 0.15) is 5.69 Å². The highest BCUT2D eigenvalue weighted by Crippen LogP contribution is 2.29. The lowest BCUT2D eigenvalue weighted by Gasteiger charge is -2.07. The maximum Gasteiger partial charge on any atom is 0.270 e. The molecule has 2 aromatic rings. The third-order valence-electron chi connectivity index (χ3n) is 2.61. The zero-order valence-electron chi connectivity index (χ0n) is 10.4. The lowest BCUT2D eigenvalue weighted by atomic mass is 10.0. The van der Waals surface area contributed by atoms with Crippen LogP contribution in [-0.4, -0.2) is 17.0 Å². The first-order valence-corrected chi connectivity index (χ1v) is 5.48. The number of nitro groups is 1. The Balaban J connectivity index is 2.60. The fourth-order valence-corrected chi connectivity index (χ4v) is 1.75. The van der Waals surface area contributed by atoms with E-state index in [0.717, 1.165) is 12.1 Å². The molecule has 0 unspecified atom stereocenters. The third kappa shape index (κ3) is 2.67. The van der Waals surface area contributed by atoms with Crippen LogP contribution in [-0.2, 0) is 0 Å². The second-order valence-corrected chi connectivity index (χ2v) is 3.96. The molecule has 0 aliphatic rings. The van der Waals surface area contributed by atoms with Crippen molar-refractivity contribution in [3.8, 4) is 17.0 Å². The summed E-state index contributed by atoms with van der Waals surface area (Å²) in [5.41, 5.74) is 1.12. The lowest BCUT2D eigenvalue weighted by Crippen LogP contribution is -1.94. The fraction of sp³-hybridized carbons (Fsp3) is 0.154. The number of pyridine rings is 1. The van der Waals surface area contributed by atoms with E-state index in [4.69, 9.17) is 4.74 Å². The number of non-ortho nitro benzene ring substituents is 1. The van der Waals surface area contributed by atoms with Crippen molar-refractivity contribution in [3.05, 3.63) is 52.0 Å². The van der Waals surface area contributed by atoms with Crippen LogP contribution < -0.4 is 4.74 Å². The van der Waals surface area contributed by atoms with Crippen LogP contribution in [0.4, 0.5) is 10.1 Å². The van der Waals surface area contributed by atoms with Crippen molar-refractivity contribution in [2.45, 2.75) is 6.92 Å². The summed E-state index contributed by atoms with van der Waals surface area (Å²) in [6.45, 7) is 1.74. The summed E-state index contributed by atoms with van der Waals surface area (Å²) in [5.74, 6) is -0.195. The normalized spacial score (nSPS) is 10.3. The Hall–Kier alpha value is -2.50. The summed E-state index contributed by atoms with van der Waals surface area (Å²) in [4.78, 5) is 14.3. The molecule has 0 saturated carbocycles. The SMILES string of the molecule is COc1cc(-c2cc([N+](=O)[O-])ccc2F)cc(C)n1. The Morgan fingerprint density at radius 3 is 2.68 bits per heavy atom. The van der Waals surface area contributed by atoms with Crippen LogP contribution in [0.3, 0.4) is 0 Å². The lowest BCUT2D eigenvalue weighted by molar-refractivity contribution is -0.384. The zero-order chi connectivity index (χ0) is 14.0. The molecule has 6 heteroatoms. The minimum Gasteiger partial charge on any atom is -0.481 e. The summed E-state index contributed by atoms with van der Waals surface area (Å²) in [6.07, 6.45) is 0. The standard InChI is InChI=1S/C13H11FN2O3/c1-8-5-9(6-13(15-8)19-2)11-7-10(16(17)18)3-4-12(11)14/h3-7H,1-2H3. The molecule has 2 rings (SSSR count). The van der Waals surface area contributed by atoms with E-state index in [-0.39, 0.29) is 11.3 Å². The molecule has 0 bridgehead atoms. The van der Waals surface area contributed by atoms with Gasteiger partial charge in [0.05, 0.1) is 12.0 Å². The van der Waals surface area contributed by atoms with E-state index in [2.05, 4.69) is 4.98 Å². The highest BCUT2D eigenvalue weighted by atomic mass is 19.1. The quantitative estimate of drug-likeness (QED) is 0.629. The molecule has 98 valence electrons. The van der Waals surface area contributed by atoms with Crippen LogP contribution in [0.15, 0.2) is 30.3 Å². The molecule has 0 N–H and O–H groups in total. The number of ether oxygens (including phenoxy) is 1. The van der Waals surface area contributed by atoms with Crippen molar-refractivity contribution in [1.82, 2.24) is 4.98 Å². The van der Waals surface area contributed by atoms with E-state index < -0.39 is 10.7 Å². The molecule has 0 spiro atoms. The molecule has 0 aliphatic heterocycles. The molecule has 0 saturated heterocycles. The van der Waals surface area contributed by atoms with E-state index in [1.165, 1.54) is 19.2 Å². The first kappa shape index (κ1) is 12.9. The summed E-state index contributed by atoms with van der Waals surface area (Å²) in [7, 11) is 1.45. The van der Waals surface area contributed by atoms with E-state index in [9.17, 15) is 14.5 Å². The van der Waals surface area contributed by atoms with Crippen LogP contribution in [0.25, 0.3) is 11.1 Å². The van der Waals surface area contributed by atoms with Gasteiger partial charge in [0.2, 0.25) is 5.88 Å². The van der Waals surface area contributed by atoms with Gasteiger partial charge in [-0.25, -0.2) is 9.37 Å². The molecule has 1 aromatic carbocycles. The zero-order valence-corrected chi connectivity index (χ0v) is 10.4. The minimum absolute atomic E-state index is 0.151. The van der Waals surface area contributed by atoms with E-state index in [1.807, 2.05) is 0 Å². The predicted molar refractivity (Wildman–Crippen MR) is 67.6 cm³/mol. The van der Waals surface area contributed by atoms with Gasteiger partial charge >= 0.3 is 0 Å². The number of nitro benzene ring substituents is 1. The van der Waals surface area contributed by atoms with Gasteiger partial charge in [-0.15, -0.1) is 0 Å². The first-order chi connectivity index (χ1) is 9.01. The third-order valence-corrected chi connectivity index (χ3v) is 2.61. The van der Waals surface area contributed by atoms with Crippen LogP contribution in [0.2, 0.25) is 0 Å². The van der Waals surface area contributed by atoms with E-state index in [0.29, 0.717) is 17.1 Å². The van der Waals surface area contributed by atoms with Crippen molar-refractivity contribution in [2.24, 2.45) is 0 Å². The maximum atomic E-state index is 13.8. The van der Waals surface area contributed by atoms with Crippen molar-refractivity contribution in [2.75, 3.05) is 7.11 Å². The number of aromatic nitrogens is 1. The topological polar surface area (TPSA) is 65.3 Å². The number of methoxy groups -OCH3 is 1. The van der Waals surface area contributed by atoms with Gasteiger partial charge in [0.25, 0.3) is 5.69 Å². The van der Waals surface area contributed by atoms with Gasteiger partial charge in [-0.05, 0) is 24.6 Å². The minimum atomic E-state index is -0.561. The van der Waals surface area contributed by atoms with Crippen LogP contribution in [0, 0.1) is 22.9 Å². The summed E-state index contributed by atoms with van der Waals surface area (Å²) in [6, 6.07) is 6.59. The molecular formula is C13H11FN2O3. The maximum absolute atomic E-state index is 13.8. The number of benzene rings is 1. The highest BCUT2D eigenvalue weighted by molar-refractivity contribution is 5.68. The summed E-state index contributed by atoms with van der Waals surface area (Å²) < 4.78 is 18.8. The average Bonchev–Trinajstić information content (AvgIpc) is 2.38. The first-order valence-electron chi connectivity index (χ1n) is 5.48. The second-order valence-electron chi connectivity index (χ2n) is 3.96. The second kappa shape index (κ2) is 5.01. The molecule has 1 aromatic heterocycles. The molecule has 1 heterocycles. The average molecular weight is 262 g/mol. The van der Waals surface area contributed by atoms with Gasteiger partial charge in [0, 0.05) is 29.5 Å². The van der Waals surface area contributed by atoms with E-state index >= 15 is 0 Å². The Morgan fingerprint density at radius 2 is 2.05 bits per heavy atom. The van der Waals surface area contributed by atoms with Gasteiger partial charge in [-0.3, -0.25) is 10.1 Å². The highest BCUT2D eigenvalue weighted by Gasteiger charge is 2.13. The molecule has 19 heavy (non-hydrogen) atoms. The Kier molecular flexibility index (Phi) is 3.41. The molecule has 0 amide bonds. The molecule has 0 atom stereocenters. The number of hydrogen-bond donors (Lipinski definition) is 0.